The molecule has 1 atom stereocenters. The Morgan fingerprint density at radius 1 is 1.89 bits per heavy atom. The zero-order valence-corrected chi connectivity index (χ0v) is 8.14. The van der Waals surface area contributed by atoms with E-state index >= 15 is 0 Å². The summed E-state index contributed by atoms with van der Waals surface area (Å²) in [6.07, 6.45) is 0.127. The average molecular weight is 179 g/mol. The molecule has 0 aromatic heterocycles. The molecule has 0 aliphatic rings. The van der Waals surface area contributed by atoms with E-state index in [0.717, 1.165) is 0 Å². The van der Waals surface area contributed by atoms with Gasteiger partial charge in [-0.3, -0.25) is 0 Å². The maximum absolute atomic E-state index is 10.1. The van der Waals surface area contributed by atoms with Crippen molar-refractivity contribution in [3.63, 3.8) is 0 Å². The van der Waals surface area contributed by atoms with Crippen LogP contribution in [0.2, 0.25) is 0 Å². The summed E-state index contributed by atoms with van der Waals surface area (Å²) >= 11 is 0. The fraction of sp³-hybridized carbons (Fsp3) is 0.667. The Bertz CT molecular complexity index is 122. The molecular formula is C3H8CaO4P+. The fourth-order valence-electron chi connectivity index (χ4n) is 0.152. The first kappa shape index (κ1) is 12.5. The third-order valence-corrected chi connectivity index (χ3v) is 0.828. The molecule has 0 saturated carbocycles. The van der Waals surface area contributed by atoms with Crippen LogP contribution in [-0.2, 0) is 13.9 Å². The molecular weight excluding hydrogens is 171 g/mol. The Morgan fingerprint density at radius 3 is 2.44 bits per heavy atom. The van der Waals surface area contributed by atoms with Gasteiger partial charge in [0, 0.05) is 11.0 Å². The van der Waals surface area contributed by atoms with Gasteiger partial charge in [-0.15, -0.1) is 4.89 Å². The Balaban J connectivity index is -0.0000000817. The van der Waals surface area contributed by atoms with Crippen LogP contribution >= 0.6 is 8.25 Å². The van der Waals surface area contributed by atoms with Crippen molar-refractivity contribution in [2.75, 3.05) is 0 Å². The van der Waals surface area contributed by atoms with Crippen LogP contribution in [0.25, 0.3) is 0 Å². The molecule has 9 heavy (non-hydrogen) atoms. The van der Waals surface area contributed by atoms with E-state index in [4.69, 9.17) is 4.89 Å². The molecule has 0 radical (unpaired) electrons. The van der Waals surface area contributed by atoms with Crippen molar-refractivity contribution in [1.82, 2.24) is 0 Å². The van der Waals surface area contributed by atoms with Gasteiger partial charge in [0.05, 0.1) is 0 Å². The van der Waals surface area contributed by atoms with E-state index in [1.54, 1.807) is 6.92 Å². The summed E-state index contributed by atoms with van der Waals surface area (Å²) in [5.41, 5.74) is 0. The minimum absolute atomic E-state index is 0. The van der Waals surface area contributed by atoms with Crippen molar-refractivity contribution in [3.05, 3.63) is 0 Å². The maximum atomic E-state index is 10.1. The van der Waals surface area contributed by atoms with Gasteiger partial charge in [-0.25, -0.2) is 4.79 Å². The van der Waals surface area contributed by atoms with Gasteiger partial charge in [0.15, 0.2) is 0 Å². The van der Waals surface area contributed by atoms with Crippen LogP contribution in [0.4, 0.5) is 0 Å². The number of carbonyl (C=O) groups is 1. The predicted octanol–water partition coefficient (Wildman–Crippen LogP) is 0.433. The molecule has 0 aliphatic heterocycles. The van der Waals surface area contributed by atoms with Crippen molar-refractivity contribution in [2.45, 2.75) is 13.3 Å². The summed E-state index contributed by atoms with van der Waals surface area (Å²) in [6.45, 7) is 1.54. The zero-order chi connectivity index (χ0) is 6.57. The van der Waals surface area contributed by atoms with Crippen molar-refractivity contribution < 1.29 is 21.6 Å². The molecule has 0 heterocycles. The Kier molecular flexibility index (Phi) is 9.56. The van der Waals surface area contributed by atoms with Gasteiger partial charge in [-0.1, -0.05) is 6.92 Å². The number of rotatable bonds is 2. The van der Waals surface area contributed by atoms with E-state index in [9.17, 15) is 9.36 Å². The smallest absolute Gasteiger partial charge is 1.00 e. The van der Waals surface area contributed by atoms with Crippen molar-refractivity contribution in [1.29, 1.82) is 0 Å². The molecule has 0 fully saturated rings. The van der Waals surface area contributed by atoms with Gasteiger partial charge < -0.3 is 2.85 Å². The van der Waals surface area contributed by atoms with Crippen LogP contribution < -0.4 is 0 Å². The third kappa shape index (κ3) is 8.79. The standard InChI is InChI=1S/C3H5O4P.Ca.2H/c1-2-3(4)7-8(5)6;;;/h2H2,1H3;;;/q;+2;2*-1/p+1. The van der Waals surface area contributed by atoms with Crippen molar-refractivity contribution >= 4 is 52.0 Å². The first-order valence-electron chi connectivity index (χ1n) is 2.03. The first-order chi connectivity index (χ1) is 3.66. The third-order valence-electron chi connectivity index (χ3n) is 0.469. The second-order valence-electron chi connectivity index (χ2n) is 1.05. The first-order valence-corrected chi connectivity index (χ1v) is 3.16. The zero-order valence-electron chi connectivity index (χ0n) is 7.03. The predicted molar refractivity (Wildman–Crippen MR) is 34.2 cm³/mol. The molecule has 50 valence electrons. The van der Waals surface area contributed by atoms with Crippen LogP contribution in [-0.4, -0.2) is 48.6 Å². The summed E-state index contributed by atoms with van der Waals surface area (Å²) in [5.74, 6) is -0.659. The second kappa shape index (κ2) is 6.90. The topological polar surface area (TPSA) is 63.6 Å². The van der Waals surface area contributed by atoms with Crippen LogP contribution in [0.3, 0.4) is 0 Å². The van der Waals surface area contributed by atoms with E-state index in [1.165, 1.54) is 0 Å². The van der Waals surface area contributed by atoms with Gasteiger partial charge in [0.25, 0.3) is 0 Å². The van der Waals surface area contributed by atoms with E-state index in [-0.39, 0.29) is 47.0 Å². The molecule has 0 spiro atoms. The molecule has 0 aromatic rings. The largest absolute Gasteiger partial charge is 2.00 e. The van der Waals surface area contributed by atoms with Crippen molar-refractivity contribution in [3.8, 4) is 0 Å². The number of hydrogen-bond acceptors (Lipinski definition) is 3. The Labute approximate surface area is 86.5 Å². The summed E-state index contributed by atoms with van der Waals surface area (Å²) in [6, 6.07) is 0. The quantitative estimate of drug-likeness (QED) is 0.493. The second-order valence-corrected chi connectivity index (χ2v) is 1.71. The van der Waals surface area contributed by atoms with Crippen molar-refractivity contribution in [2.24, 2.45) is 0 Å². The average Bonchev–Trinajstić information content (AvgIpc) is 1.65. The van der Waals surface area contributed by atoms with Gasteiger partial charge in [0.2, 0.25) is 0 Å². The van der Waals surface area contributed by atoms with E-state index in [1.807, 2.05) is 0 Å². The SMILES string of the molecule is CCC(=O)O[P+](=O)O.[Ca+2].[H-].[H-]. The monoisotopic (exact) mass is 179 g/mol. The Morgan fingerprint density at radius 2 is 2.33 bits per heavy atom. The summed E-state index contributed by atoms with van der Waals surface area (Å²) in [4.78, 5) is 18.0. The molecule has 0 amide bonds. The van der Waals surface area contributed by atoms with Crippen LogP contribution in [0.5, 0.6) is 0 Å². The molecule has 0 saturated heterocycles. The normalized spacial score (nSPS) is 9.33. The summed E-state index contributed by atoms with van der Waals surface area (Å²) in [5, 5.41) is 0. The number of carbonyl (C=O) groups excluding carboxylic acids is 1. The molecule has 0 aliphatic carbocycles. The molecule has 0 bridgehead atoms. The van der Waals surface area contributed by atoms with Gasteiger partial charge >= 0.3 is 52.0 Å². The van der Waals surface area contributed by atoms with Crippen LogP contribution in [0.1, 0.15) is 16.2 Å². The Hall–Kier alpha value is 0.790. The van der Waals surface area contributed by atoms with Gasteiger partial charge in [-0.05, 0) is 0 Å². The molecule has 0 aromatic carbocycles. The van der Waals surface area contributed by atoms with Crippen LogP contribution in [0.15, 0.2) is 0 Å². The van der Waals surface area contributed by atoms with E-state index < -0.39 is 14.2 Å². The molecule has 1 N–H and O–H groups in total. The molecule has 4 nitrogen and oxygen atoms in total. The molecule has 0 rings (SSSR count). The van der Waals surface area contributed by atoms with Gasteiger partial charge in [0.1, 0.15) is 0 Å². The molecule has 6 heteroatoms. The minimum Gasteiger partial charge on any atom is -1.00 e. The van der Waals surface area contributed by atoms with Crippen LogP contribution in [0, 0.1) is 0 Å². The van der Waals surface area contributed by atoms with E-state index in [2.05, 4.69) is 4.52 Å². The molecule has 1 unspecified atom stereocenters. The minimum atomic E-state index is -2.75. The van der Waals surface area contributed by atoms with E-state index in [0.29, 0.717) is 0 Å². The summed E-state index contributed by atoms with van der Waals surface area (Å²) < 4.78 is 13.5. The van der Waals surface area contributed by atoms with Gasteiger partial charge in [-0.2, -0.15) is 4.52 Å². The summed E-state index contributed by atoms with van der Waals surface area (Å²) in [7, 11) is -2.75. The number of hydrogen-bond donors (Lipinski definition) is 1. The maximum Gasteiger partial charge on any atom is 2.00 e. The fourth-order valence-corrected chi connectivity index (χ4v) is 0.455.